The van der Waals surface area contributed by atoms with E-state index in [4.69, 9.17) is 4.74 Å². The Kier molecular flexibility index (Phi) is 7.96. The molecule has 2 aromatic heterocycles. The summed E-state index contributed by atoms with van der Waals surface area (Å²) in [5, 5.41) is 12.6. The van der Waals surface area contributed by atoms with Crippen molar-refractivity contribution in [1.82, 2.24) is 9.97 Å². The largest absolute Gasteiger partial charge is 0.495 e. The number of rotatable bonds is 6. The molecule has 0 bridgehead atoms. The average molecular weight is 534 g/mol. The highest BCUT2D eigenvalue weighted by atomic mass is 16.5. The van der Waals surface area contributed by atoms with Crippen LogP contribution in [0.3, 0.4) is 0 Å². The quantitative estimate of drug-likeness (QED) is 0.318. The van der Waals surface area contributed by atoms with Crippen LogP contribution < -0.4 is 15.0 Å². The predicted octanol–water partition coefficient (Wildman–Crippen LogP) is 6.16. The Hall–Kier alpha value is -5.03. The Morgan fingerprint density at radius 3 is 2.38 bits per heavy atom. The van der Waals surface area contributed by atoms with Gasteiger partial charge in [0.2, 0.25) is 0 Å². The molecule has 0 spiro atoms. The minimum absolute atomic E-state index is 0.154. The van der Waals surface area contributed by atoms with Gasteiger partial charge in [-0.1, -0.05) is 32.9 Å². The van der Waals surface area contributed by atoms with Crippen molar-refractivity contribution in [2.45, 2.75) is 33.1 Å². The molecule has 2 heterocycles. The maximum Gasteiger partial charge on any atom is 0.259 e. The van der Waals surface area contributed by atoms with Gasteiger partial charge in [0.05, 0.1) is 42.0 Å². The number of carbonyl (C=O) groups excluding carboxylic acids is 2. The Morgan fingerprint density at radius 2 is 1.77 bits per heavy atom. The van der Waals surface area contributed by atoms with Crippen molar-refractivity contribution >= 4 is 23.2 Å². The summed E-state index contributed by atoms with van der Waals surface area (Å²) in [5.41, 5.74) is 5.29. The number of hydrogen-bond acceptors (Lipinski definition) is 6. The number of aryl methyl sites for hydroxylation is 1. The molecule has 0 saturated carbocycles. The van der Waals surface area contributed by atoms with Crippen molar-refractivity contribution in [2.75, 3.05) is 24.4 Å². The molecule has 0 unspecified atom stereocenters. The van der Waals surface area contributed by atoms with E-state index in [2.05, 4.69) is 21.4 Å². The lowest BCUT2D eigenvalue weighted by atomic mass is 9.84. The first-order valence-electron chi connectivity index (χ1n) is 12.7. The molecule has 8 nitrogen and oxygen atoms in total. The van der Waals surface area contributed by atoms with E-state index in [1.54, 1.807) is 60.9 Å². The molecule has 0 radical (unpaired) electrons. The lowest BCUT2D eigenvalue weighted by Gasteiger charge is -2.22. The van der Waals surface area contributed by atoms with E-state index in [0.717, 1.165) is 22.4 Å². The molecule has 0 saturated heterocycles. The van der Waals surface area contributed by atoms with Crippen LogP contribution in [0.5, 0.6) is 5.75 Å². The first-order chi connectivity index (χ1) is 19.0. The number of nitrogens with one attached hydrogen (secondary N) is 1. The first kappa shape index (κ1) is 28.0. The number of amides is 2. The van der Waals surface area contributed by atoms with Crippen molar-refractivity contribution in [2.24, 2.45) is 0 Å². The molecule has 4 rings (SSSR count). The van der Waals surface area contributed by atoms with Crippen molar-refractivity contribution in [1.29, 1.82) is 5.26 Å². The number of nitrogens with zero attached hydrogens (tertiary/aromatic N) is 4. The Bertz CT molecular complexity index is 1600. The summed E-state index contributed by atoms with van der Waals surface area (Å²) in [4.78, 5) is 36.5. The molecule has 0 aliphatic heterocycles. The lowest BCUT2D eigenvalue weighted by Crippen LogP contribution is -2.26. The normalized spacial score (nSPS) is 10.9. The van der Waals surface area contributed by atoms with Crippen LogP contribution in [0.4, 0.5) is 11.4 Å². The van der Waals surface area contributed by atoms with Gasteiger partial charge in [-0.3, -0.25) is 19.6 Å². The van der Waals surface area contributed by atoms with Gasteiger partial charge in [0.25, 0.3) is 11.8 Å². The molecule has 8 heteroatoms. The van der Waals surface area contributed by atoms with E-state index in [1.165, 1.54) is 7.11 Å². The van der Waals surface area contributed by atoms with Gasteiger partial charge in [-0.2, -0.15) is 5.26 Å². The fourth-order valence-electron chi connectivity index (χ4n) is 4.28. The second kappa shape index (κ2) is 11.4. The molecule has 4 aromatic rings. The minimum Gasteiger partial charge on any atom is -0.495 e. The topological polar surface area (TPSA) is 108 Å². The Balaban J connectivity index is 1.61. The number of pyridine rings is 2. The SMILES string of the molecule is COc1c(C#N)cc(C(C)(C)C)cc1C(=O)Nc1cnc(C)c(-c2ccc(C(=O)N(C)c3cccnc3)cc2)c1. The van der Waals surface area contributed by atoms with Gasteiger partial charge < -0.3 is 15.0 Å². The van der Waals surface area contributed by atoms with Crippen molar-refractivity contribution in [3.8, 4) is 22.9 Å². The van der Waals surface area contributed by atoms with E-state index in [1.807, 2.05) is 52.0 Å². The van der Waals surface area contributed by atoms with E-state index in [0.29, 0.717) is 22.5 Å². The van der Waals surface area contributed by atoms with Gasteiger partial charge in [0, 0.05) is 30.1 Å². The first-order valence-corrected chi connectivity index (χ1v) is 12.7. The summed E-state index contributed by atoms with van der Waals surface area (Å²) in [6.07, 6.45) is 4.88. The summed E-state index contributed by atoms with van der Waals surface area (Å²) in [5.74, 6) is -0.334. The van der Waals surface area contributed by atoms with Gasteiger partial charge >= 0.3 is 0 Å². The second-order valence-electron chi connectivity index (χ2n) is 10.4. The number of ether oxygens (including phenoxy) is 1. The van der Waals surface area contributed by atoms with Crippen LogP contribution in [-0.2, 0) is 5.41 Å². The standard InChI is InChI=1S/C32H31N5O3/c1-20-27(21-9-11-22(12-10-21)31(39)37(5)26-8-7-13-34-19-26)16-25(18-35-20)36-30(38)28-15-24(32(2,3)4)14-23(17-33)29(28)40-6/h7-16,18-19H,1-6H3,(H,36,38). The van der Waals surface area contributed by atoms with Crippen LogP contribution in [0.1, 0.15) is 58.3 Å². The minimum atomic E-state index is -0.407. The van der Waals surface area contributed by atoms with Gasteiger partial charge in [-0.15, -0.1) is 0 Å². The van der Waals surface area contributed by atoms with Gasteiger partial charge in [-0.05, 0) is 65.9 Å². The van der Waals surface area contributed by atoms with Crippen LogP contribution in [0.2, 0.25) is 0 Å². The summed E-state index contributed by atoms with van der Waals surface area (Å²) in [6.45, 7) is 7.93. The zero-order chi connectivity index (χ0) is 29.0. The molecule has 202 valence electrons. The van der Waals surface area contributed by atoms with E-state index in [-0.39, 0.29) is 22.6 Å². The highest BCUT2D eigenvalue weighted by Gasteiger charge is 2.23. The zero-order valence-electron chi connectivity index (χ0n) is 23.4. The van der Waals surface area contributed by atoms with Gasteiger partial charge in [0.1, 0.15) is 11.8 Å². The maximum absolute atomic E-state index is 13.4. The Labute approximate surface area is 234 Å². The number of hydrogen-bond donors (Lipinski definition) is 1. The van der Waals surface area contributed by atoms with Crippen molar-refractivity contribution in [3.63, 3.8) is 0 Å². The maximum atomic E-state index is 13.4. The van der Waals surface area contributed by atoms with Crippen molar-refractivity contribution in [3.05, 3.63) is 101 Å². The predicted molar refractivity (Wildman–Crippen MR) is 156 cm³/mol. The molecule has 0 atom stereocenters. The molecule has 0 aliphatic carbocycles. The van der Waals surface area contributed by atoms with E-state index >= 15 is 0 Å². The third-order valence-electron chi connectivity index (χ3n) is 6.65. The summed E-state index contributed by atoms with van der Waals surface area (Å²) in [6, 6.07) is 18.3. The molecular weight excluding hydrogens is 502 g/mol. The smallest absolute Gasteiger partial charge is 0.259 e. The summed E-state index contributed by atoms with van der Waals surface area (Å²) >= 11 is 0. The molecule has 2 aromatic carbocycles. The monoisotopic (exact) mass is 533 g/mol. The van der Waals surface area contributed by atoms with E-state index in [9.17, 15) is 14.9 Å². The molecule has 0 aliphatic rings. The van der Waals surface area contributed by atoms with Crippen LogP contribution in [0.25, 0.3) is 11.1 Å². The lowest BCUT2D eigenvalue weighted by molar-refractivity contribution is 0.0990. The van der Waals surface area contributed by atoms with Crippen molar-refractivity contribution < 1.29 is 14.3 Å². The number of methoxy groups -OCH3 is 1. The third-order valence-corrected chi connectivity index (χ3v) is 6.65. The second-order valence-corrected chi connectivity index (χ2v) is 10.4. The van der Waals surface area contributed by atoms with Gasteiger partial charge in [-0.25, -0.2) is 0 Å². The van der Waals surface area contributed by atoms with Gasteiger partial charge in [0.15, 0.2) is 0 Å². The van der Waals surface area contributed by atoms with Crippen LogP contribution in [-0.4, -0.2) is 35.9 Å². The Morgan fingerprint density at radius 1 is 1.05 bits per heavy atom. The molecule has 40 heavy (non-hydrogen) atoms. The number of nitriles is 1. The number of aromatic nitrogens is 2. The molecule has 1 N–H and O–H groups in total. The zero-order valence-corrected chi connectivity index (χ0v) is 23.4. The fraction of sp³-hybridized carbons (Fsp3) is 0.219. The molecule has 2 amide bonds. The molecular formula is C32H31N5O3. The van der Waals surface area contributed by atoms with Crippen LogP contribution in [0, 0.1) is 18.3 Å². The number of anilines is 2. The average Bonchev–Trinajstić information content (AvgIpc) is 2.96. The van der Waals surface area contributed by atoms with Crippen LogP contribution in [0.15, 0.2) is 73.2 Å². The number of benzene rings is 2. The fourth-order valence-corrected chi connectivity index (χ4v) is 4.28. The van der Waals surface area contributed by atoms with E-state index < -0.39 is 5.91 Å². The summed E-state index contributed by atoms with van der Waals surface area (Å²) < 4.78 is 5.45. The highest BCUT2D eigenvalue weighted by Crippen LogP contribution is 2.33. The summed E-state index contributed by atoms with van der Waals surface area (Å²) in [7, 11) is 3.15. The number of carbonyl (C=O) groups is 2. The highest BCUT2D eigenvalue weighted by molar-refractivity contribution is 6.07. The molecule has 0 fully saturated rings. The van der Waals surface area contributed by atoms with Crippen LogP contribution >= 0.6 is 0 Å². The third kappa shape index (κ3) is 5.84.